The molecule has 6 nitrogen and oxygen atoms in total. The SMILES string of the molecule is CC1(C)CCCN(c2cccc(S(C)(=O)=O)c2[N+](=O)[O-])CC1. The molecule has 7 heteroatoms. The van der Waals surface area contributed by atoms with E-state index in [0.29, 0.717) is 18.8 Å². The van der Waals surface area contributed by atoms with Crippen molar-refractivity contribution in [2.45, 2.75) is 38.0 Å². The molecule has 1 aromatic rings. The highest BCUT2D eigenvalue weighted by atomic mass is 32.2. The number of sulfone groups is 1. The quantitative estimate of drug-likeness (QED) is 0.630. The van der Waals surface area contributed by atoms with Gasteiger partial charge in [0.1, 0.15) is 10.6 Å². The zero-order chi connectivity index (χ0) is 16.5. The molecule has 0 amide bonds. The van der Waals surface area contributed by atoms with Gasteiger partial charge in [-0.2, -0.15) is 0 Å². The lowest BCUT2D eigenvalue weighted by atomic mass is 9.85. The maximum Gasteiger partial charge on any atom is 0.311 e. The molecule has 1 aliphatic heterocycles. The molecule has 1 fully saturated rings. The minimum Gasteiger partial charge on any atom is -0.366 e. The largest absolute Gasteiger partial charge is 0.366 e. The average molecular weight is 326 g/mol. The lowest BCUT2D eigenvalue weighted by molar-refractivity contribution is -0.387. The van der Waals surface area contributed by atoms with Gasteiger partial charge in [-0.1, -0.05) is 19.9 Å². The first-order valence-corrected chi connectivity index (χ1v) is 9.23. The van der Waals surface area contributed by atoms with Gasteiger partial charge in [0.15, 0.2) is 9.84 Å². The van der Waals surface area contributed by atoms with Crippen LogP contribution in [-0.4, -0.2) is 32.7 Å². The Morgan fingerprint density at radius 3 is 2.50 bits per heavy atom. The van der Waals surface area contributed by atoms with Gasteiger partial charge in [0.2, 0.25) is 0 Å². The van der Waals surface area contributed by atoms with E-state index < -0.39 is 14.8 Å². The van der Waals surface area contributed by atoms with Gasteiger partial charge in [0.25, 0.3) is 0 Å². The lowest BCUT2D eigenvalue weighted by Gasteiger charge is -2.25. The second-order valence-corrected chi connectivity index (χ2v) is 8.64. The van der Waals surface area contributed by atoms with E-state index in [1.54, 1.807) is 12.1 Å². The third-order valence-corrected chi connectivity index (χ3v) is 5.37. The van der Waals surface area contributed by atoms with E-state index >= 15 is 0 Å². The molecule has 0 aromatic heterocycles. The Morgan fingerprint density at radius 1 is 1.23 bits per heavy atom. The van der Waals surface area contributed by atoms with Crippen LogP contribution in [0.3, 0.4) is 0 Å². The van der Waals surface area contributed by atoms with Crippen LogP contribution in [0.4, 0.5) is 11.4 Å². The number of nitro benzene ring substituents is 1. The summed E-state index contributed by atoms with van der Waals surface area (Å²) in [5, 5.41) is 11.5. The van der Waals surface area contributed by atoms with Crippen molar-refractivity contribution in [1.29, 1.82) is 0 Å². The van der Waals surface area contributed by atoms with Crippen molar-refractivity contribution in [3.05, 3.63) is 28.3 Å². The summed E-state index contributed by atoms with van der Waals surface area (Å²) >= 11 is 0. The van der Waals surface area contributed by atoms with Gasteiger partial charge in [0, 0.05) is 19.3 Å². The molecule has 22 heavy (non-hydrogen) atoms. The number of hydrogen-bond acceptors (Lipinski definition) is 5. The fourth-order valence-electron chi connectivity index (χ4n) is 2.91. The molecule has 0 saturated carbocycles. The van der Waals surface area contributed by atoms with Crippen molar-refractivity contribution in [2.24, 2.45) is 5.41 Å². The topological polar surface area (TPSA) is 80.5 Å². The Hall–Kier alpha value is -1.63. The molecule has 1 aromatic carbocycles. The molecule has 0 N–H and O–H groups in total. The predicted octanol–water partition coefficient (Wildman–Crippen LogP) is 3.01. The highest BCUT2D eigenvalue weighted by Crippen LogP contribution is 2.38. The van der Waals surface area contributed by atoms with Crippen molar-refractivity contribution in [3.63, 3.8) is 0 Å². The smallest absolute Gasteiger partial charge is 0.311 e. The van der Waals surface area contributed by atoms with E-state index in [9.17, 15) is 18.5 Å². The van der Waals surface area contributed by atoms with E-state index in [2.05, 4.69) is 13.8 Å². The summed E-state index contributed by atoms with van der Waals surface area (Å²) in [5.41, 5.74) is 0.313. The van der Waals surface area contributed by atoms with Gasteiger partial charge in [0.05, 0.1) is 4.92 Å². The van der Waals surface area contributed by atoms with Gasteiger partial charge in [-0.05, 0) is 36.8 Å². The molecule has 0 radical (unpaired) electrons. The third-order valence-electron chi connectivity index (χ3n) is 4.24. The van der Waals surface area contributed by atoms with E-state index in [1.807, 2.05) is 4.90 Å². The minimum atomic E-state index is -3.64. The molecule has 1 saturated heterocycles. The molecule has 0 atom stereocenters. The molecule has 0 aliphatic carbocycles. The molecule has 0 unspecified atom stereocenters. The summed E-state index contributed by atoms with van der Waals surface area (Å²) in [5.74, 6) is 0. The number of anilines is 1. The average Bonchev–Trinajstić information content (AvgIpc) is 2.57. The second-order valence-electron chi connectivity index (χ2n) is 6.66. The van der Waals surface area contributed by atoms with E-state index in [0.717, 1.165) is 25.5 Å². The van der Waals surface area contributed by atoms with Gasteiger partial charge in [-0.15, -0.1) is 0 Å². The Kier molecular flexibility index (Phi) is 4.47. The Labute approximate surface area is 131 Å². The van der Waals surface area contributed by atoms with Crippen molar-refractivity contribution in [3.8, 4) is 0 Å². The van der Waals surface area contributed by atoms with Crippen molar-refractivity contribution in [2.75, 3.05) is 24.2 Å². The molecule has 122 valence electrons. The number of rotatable bonds is 3. The Bertz CT molecular complexity index is 683. The first-order valence-electron chi connectivity index (χ1n) is 7.34. The Balaban J connectivity index is 2.49. The van der Waals surface area contributed by atoms with Crippen LogP contribution in [0.2, 0.25) is 0 Å². The number of nitro groups is 1. The van der Waals surface area contributed by atoms with E-state index in [1.165, 1.54) is 6.07 Å². The summed E-state index contributed by atoms with van der Waals surface area (Å²) < 4.78 is 23.7. The molecule has 0 spiro atoms. The summed E-state index contributed by atoms with van der Waals surface area (Å²) in [6.07, 6.45) is 3.92. The van der Waals surface area contributed by atoms with Crippen LogP contribution in [-0.2, 0) is 9.84 Å². The maximum atomic E-state index is 11.8. The molecule has 1 aliphatic rings. The first-order chi connectivity index (χ1) is 10.1. The summed E-state index contributed by atoms with van der Waals surface area (Å²) in [4.78, 5) is 12.6. The van der Waals surface area contributed by atoms with E-state index in [4.69, 9.17) is 0 Å². The molecular weight excluding hydrogens is 304 g/mol. The van der Waals surface area contributed by atoms with Gasteiger partial charge < -0.3 is 4.90 Å². The van der Waals surface area contributed by atoms with Crippen LogP contribution in [0.1, 0.15) is 33.1 Å². The van der Waals surface area contributed by atoms with Gasteiger partial charge in [-0.25, -0.2) is 8.42 Å². The van der Waals surface area contributed by atoms with Crippen LogP contribution in [0, 0.1) is 15.5 Å². The summed E-state index contributed by atoms with van der Waals surface area (Å²) in [6.45, 7) is 5.79. The highest BCUT2D eigenvalue weighted by molar-refractivity contribution is 7.90. The second kappa shape index (κ2) is 5.87. The minimum absolute atomic E-state index is 0.206. The first kappa shape index (κ1) is 16.7. The van der Waals surface area contributed by atoms with Crippen LogP contribution in [0.25, 0.3) is 0 Å². The number of para-hydroxylation sites is 1. The number of nitrogens with zero attached hydrogens (tertiary/aromatic N) is 2. The third kappa shape index (κ3) is 3.58. The van der Waals surface area contributed by atoms with Crippen molar-refractivity contribution >= 4 is 21.2 Å². The zero-order valence-corrected chi connectivity index (χ0v) is 14.0. The van der Waals surface area contributed by atoms with Crippen LogP contribution in [0.5, 0.6) is 0 Å². The molecule has 1 heterocycles. The van der Waals surface area contributed by atoms with Crippen LogP contribution in [0.15, 0.2) is 23.1 Å². The molecule has 2 rings (SSSR count). The van der Waals surface area contributed by atoms with Gasteiger partial charge in [-0.3, -0.25) is 10.1 Å². The van der Waals surface area contributed by atoms with Crippen LogP contribution >= 0.6 is 0 Å². The number of hydrogen-bond donors (Lipinski definition) is 0. The fourth-order valence-corrected chi connectivity index (χ4v) is 3.77. The Morgan fingerprint density at radius 2 is 1.91 bits per heavy atom. The maximum absolute atomic E-state index is 11.8. The molecular formula is C15H22N2O4S. The van der Waals surface area contributed by atoms with Gasteiger partial charge >= 0.3 is 5.69 Å². The summed E-state index contributed by atoms with van der Waals surface area (Å²) in [6, 6.07) is 4.53. The van der Waals surface area contributed by atoms with Crippen molar-refractivity contribution < 1.29 is 13.3 Å². The predicted molar refractivity (Wildman–Crippen MR) is 86.1 cm³/mol. The zero-order valence-electron chi connectivity index (χ0n) is 13.2. The fraction of sp³-hybridized carbons (Fsp3) is 0.600. The lowest BCUT2D eigenvalue weighted by Crippen LogP contribution is -2.26. The van der Waals surface area contributed by atoms with Crippen molar-refractivity contribution in [1.82, 2.24) is 0 Å². The monoisotopic (exact) mass is 326 g/mol. The number of benzene rings is 1. The molecule has 0 bridgehead atoms. The standard InChI is InChI=1S/C15H22N2O4S/c1-15(2)8-5-10-16(11-9-15)12-6-4-7-13(22(3,20)21)14(12)17(18)19/h4,6-7H,5,8-11H2,1-3H3. The highest BCUT2D eigenvalue weighted by Gasteiger charge is 2.31. The normalized spacial score (nSPS) is 18.8. The van der Waals surface area contributed by atoms with E-state index in [-0.39, 0.29) is 16.0 Å². The van der Waals surface area contributed by atoms with Crippen LogP contribution < -0.4 is 4.90 Å². The summed E-state index contributed by atoms with van der Waals surface area (Å²) in [7, 11) is -3.64.